The Morgan fingerprint density at radius 3 is 2.36 bits per heavy atom. The molecule has 14 heavy (non-hydrogen) atoms. The molecule has 2 aliphatic rings. The molecular weight excluding hydrogens is 176 g/mol. The zero-order valence-corrected chi connectivity index (χ0v) is 10.0. The van der Waals surface area contributed by atoms with Crippen LogP contribution in [0, 0.1) is 0 Å². The number of likely N-dealkylation sites (N-methyl/N-ethyl adjacent to an activating group) is 2. The predicted molar refractivity (Wildman–Crippen MR) is 59.6 cm³/mol. The summed E-state index contributed by atoms with van der Waals surface area (Å²) in [7, 11) is 4.38. The fourth-order valence-corrected chi connectivity index (χ4v) is 2.14. The largest absolute Gasteiger partial charge is 0.378 e. The summed E-state index contributed by atoms with van der Waals surface area (Å²) in [5.74, 6) is 0. The average molecular weight is 200 g/mol. The van der Waals surface area contributed by atoms with Crippen LogP contribution in [0.15, 0.2) is 0 Å². The van der Waals surface area contributed by atoms with E-state index >= 15 is 0 Å². The smallest absolute Gasteiger partial charge is 0.0664 e. The molecule has 3 nitrogen and oxygen atoms in total. The summed E-state index contributed by atoms with van der Waals surface area (Å²) in [6.07, 6.45) is 1.30. The quantitative estimate of drug-likeness (QED) is 0.581. The van der Waals surface area contributed by atoms with Crippen LogP contribution < -0.4 is 0 Å². The van der Waals surface area contributed by atoms with Gasteiger partial charge in [-0.2, -0.15) is 0 Å². The summed E-state index contributed by atoms with van der Waals surface area (Å²) < 4.78 is 5.61. The topological polar surface area (TPSA) is 15.7 Å². The van der Waals surface area contributed by atoms with E-state index in [2.05, 4.69) is 23.9 Å². The molecule has 0 aromatic rings. The van der Waals surface area contributed by atoms with Gasteiger partial charge in [-0.3, -0.25) is 4.90 Å². The van der Waals surface area contributed by atoms with Crippen molar-refractivity contribution in [2.45, 2.75) is 25.8 Å². The molecular formula is C11H24N2O. The van der Waals surface area contributed by atoms with E-state index in [9.17, 15) is 0 Å². The number of rotatable bonds is 0. The Kier molecular flexibility index (Phi) is 4.35. The van der Waals surface area contributed by atoms with Gasteiger partial charge in [0.05, 0.1) is 18.8 Å². The second-order valence-corrected chi connectivity index (χ2v) is 4.19. The highest BCUT2D eigenvalue weighted by molar-refractivity contribution is 5.00. The molecule has 0 radical (unpaired) electrons. The Bertz CT molecular complexity index is 175. The van der Waals surface area contributed by atoms with Crippen LogP contribution in [-0.2, 0) is 4.74 Å². The first-order chi connectivity index (χ1) is 6.73. The van der Waals surface area contributed by atoms with E-state index in [0.717, 1.165) is 19.8 Å². The van der Waals surface area contributed by atoms with Gasteiger partial charge in [0.15, 0.2) is 0 Å². The molecule has 2 fully saturated rings. The summed E-state index contributed by atoms with van der Waals surface area (Å²) in [6, 6.07) is 0. The summed E-state index contributed by atoms with van der Waals surface area (Å²) in [5.41, 5.74) is 0.352. The van der Waals surface area contributed by atoms with Gasteiger partial charge in [0.1, 0.15) is 0 Å². The maximum Gasteiger partial charge on any atom is 0.0664 e. The van der Waals surface area contributed by atoms with E-state index in [0.29, 0.717) is 5.54 Å². The van der Waals surface area contributed by atoms with Gasteiger partial charge in [0, 0.05) is 19.6 Å². The summed E-state index contributed by atoms with van der Waals surface area (Å²) >= 11 is 0. The Hall–Kier alpha value is -0.120. The van der Waals surface area contributed by atoms with E-state index in [-0.39, 0.29) is 0 Å². The van der Waals surface area contributed by atoms with Crippen LogP contribution >= 0.6 is 0 Å². The molecule has 3 heteroatoms. The Morgan fingerprint density at radius 2 is 1.86 bits per heavy atom. The minimum Gasteiger partial charge on any atom is -0.378 e. The maximum atomic E-state index is 5.61. The monoisotopic (exact) mass is 200 g/mol. The van der Waals surface area contributed by atoms with Crippen molar-refractivity contribution in [1.82, 2.24) is 9.80 Å². The number of hydrogen-bond acceptors (Lipinski definition) is 3. The standard InChI is InChI=1S/C9H18N2O.C2H6/c1-10-5-6-12-8-9(7-10)3-4-11(9)2;1-2/h3-8H2,1-2H3;1-2H3. The molecule has 2 heterocycles. The molecule has 0 aromatic heterocycles. The van der Waals surface area contributed by atoms with Gasteiger partial charge in [-0.15, -0.1) is 0 Å². The molecule has 84 valence electrons. The van der Waals surface area contributed by atoms with Crippen molar-refractivity contribution in [2.75, 3.05) is 46.9 Å². The molecule has 0 saturated carbocycles. The van der Waals surface area contributed by atoms with Crippen molar-refractivity contribution in [1.29, 1.82) is 0 Å². The highest BCUT2D eigenvalue weighted by Crippen LogP contribution is 2.30. The third kappa shape index (κ3) is 2.27. The highest BCUT2D eigenvalue weighted by atomic mass is 16.5. The SMILES string of the molecule is CC.CN1CCOCC2(CCN2C)C1. The van der Waals surface area contributed by atoms with Crippen LogP contribution in [0.2, 0.25) is 0 Å². The molecule has 2 rings (SSSR count). The van der Waals surface area contributed by atoms with Gasteiger partial charge in [-0.25, -0.2) is 0 Å². The van der Waals surface area contributed by atoms with Gasteiger partial charge >= 0.3 is 0 Å². The third-order valence-corrected chi connectivity index (χ3v) is 3.27. The van der Waals surface area contributed by atoms with E-state index in [4.69, 9.17) is 4.74 Å². The van der Waals surface area contributed by atoms with Crippen LogP contribution in [0.25, 0.3) is 0 Å². The number of nitrogens with zero attached hydrogens (tertiary/aromatic N) is 2. The fraction of sp³-hybridized carbons (Fsp3) is 1.00. The van der Waals surface area contributed by atoms with Crippen LogP contribution in [0.3, 0.4) is 0 Å². The summed E-state index contributed by atoms with van der Waals surface area (Å²) in [5, 5.41) is 0. The van der Waals surface area contributed by atoms with Gasteiger partial charge < -0.3 is 9.64 Å². The molecule has 0 amide bonds. The molecule has 0 aliphatic carbocycles. The van der Waals surface area contributed by atoms with Crippen molar-refractivity contribution < 1.29 is 4.74 Å². The fourth-order valence-electron chi connectivity index (χ4n) is 2.14. The van der Waals surface area contributed by atoms with Crippen LogP contribution in [0.1, 0.15) is 20.3 Å². The predicted octanol–water partition coefficient (Wildman–Crippen LogP) is 1.05. The number of hydrogen-bond donors (Lipinski definition) is 0. The van der Waals surface area contributed by atoms with Gasteiger partial charge in [-0.05, 0) is 20.5 Å². The molecule has 0 aromatic carbocycles. The lowest BCUT2D eigenvalue weighted by Gasteiger charge is -2.51. The molecule has 2 aliphatic heterocycles. The van der Waals surface area contributed by atoms with E-state index in [1.807, 2.05) is 13.8 Å². The van der Waals surface area contributed by atoms with Crippen molar-refractivity contribution in [3.05, 3.63) is 0 Å². The van der Waals surface area contributed by atoms with Gasteiger partial charge in [0.25, 0.3) is 0 Å². The Morgan fingerprint density at radius 1 is 1.14 bits per heavy atom. The third-order valence-electron chi connectivity index (χ3n) is 3.27. The first-order valence-corrected chi connectivity index (χ1v) is 5.70. The minimum atomic E-state index is 0.352. The lowest BCUT2D eigenvalue weighted by atomic mass is 9.86. The zero-order chi connectivity index (χ0) is 10.6. The molecule has 2 saturated heterocycles. The molecule has 0 N–H and O–H groups in total. The molecule has 1 spiro atoms. The van der Waals surface area contributed by atoms with Crippen molar-refractivity contribution in [3.63, 3.8) is 0 Å². The highest BCUT2D eigenvalue weighted by Gasteiger charge is 2.44. The Balaban J connectivity index is 0.000000461. The van der Waals surface area contributed by atoms with E-state index < -0.39 is 0 Å². The van der Waals surface area contributed by atoms with E-state index in [1.165, 1.54) is 19.5 Å². The first kappa shape index (κ1) is 12.0. The normalized spacial score (nSPS) is 34.3. The second-order valence-electron chi connectivity index (χ2n) is 4.19. The first-order valence-electron chi connectivity index (χ1n) is 5.70. The molecule has 1 atom stereocenters. The minimum absolute atomic E-state index is 0.352. The van der Waals surface area contributed by atoms with Crippen LogP contribution in [0.4, 0.5) is 0 Å². The lowest BCUT2D eigenvalue weighted by molar-refractivity contribution is -0.0503. The summed E-state index contributed by atoms with van der Waals surface area (Å²) in [6.45, 7) is 9.30. The zero-order valence-electron chi connectivity index (χ0n) is 10.0. The average Bonchev–Trinajstić information content (AvgIpc) is 2.42. The second kappa shape index (κ2) is 5.10. The van der Waals surface area contributed by atoms with Gasteiger partial charge in [0.2, 0.25) is 0 Å². The van der Waals surface area contributed by atoms with E-state index in [1.54, 1.807) is 0 Å². The van der Waals surface area contributed by atoms with Crippen molar-refractivity contribution in [2.24, 2.45) is 0 Å². The Labute approximate surface area is 88.0 Å². The van der Waals surface area contributed by atoms with Crippen molar-refractivity contribution in [3.8, 4) is 0 Å². The molecule has 1 unspecified atom stereocenters. The van der Waals surface area contributed by atoms with Crippen LogP contribution in [0.5, 0.6) is 0 Å². The summed E-state index contributed by atoms with van der Waals surface area (Å²) in [4.78, 5) is 4.80. The van der Waals surface area contributed by atoms with Gasteiger partial charge in [-0.1, -0.05) is 13.8 Å². The maximum absolute atomic E-state index is 5.61. The molecule has 0 bridgehead atoms. The lowest BCUT2D eigenvalue weighted by Crippen LogP contribution is -2.64. The van der Waals surface area contributed by atoms with Crippen molar-refractivity contribution >= 4 is 0 Å². The number of ether oxygens (including phenoxy) is 1. The number of likely N-dealkylation sites (tertiary alicyclic amines) is 1. The van der Waals surface area contributed by atoms with Crippen LogP contribution in [-0.4, -0.2) is 62.3 Å².